The molecule has 3 aliphatic rings. The summed E-state index contributed by atoms with van der Waals surface area (Å²) in [5.41, 5.74) is 0. The number of ether oxygens (including phenoxy) is 1. The molecule has 2 amide bonds. The number of carbonyl (C=O) groups excluding carboxylic acids is 2. The Hall–Kier alpha value is -1.10. The van der Waals surface area contributed by atoms with E-state index in [9.17, 15) is 9.59 Å². The van der Waals surface area contributed by atoms with Gasteiger partial charge in [0.1, 0.15) is 12.1 Å². The van der Waals surface area contributed by atoms with Crippen molar-refractivity contribution < 1.29 is 14.3 Å². The topological polar surface area (TPSA) is 58.6 Å². The van der Waals surface area contributed by atoms with E-state index in [1.807, 2.05) is 18.7 Å². The van der Waals surface area contributed by atoms with Gasteiger partial charge in [-0.2, -0.15) is 0 Å². The summed E-state index contributed by atoms with van der Waals surface area (Å²) < 4.78 is 5.84. The molecule has 5 unspecified atom stereocenters. The average Bonchev–Trinajstić information content (AvgIpc) is 2.99. The Labute approximate surface area is 113 Å². The van der Waals surface area contributed by atoms with Crippen LogP contribution in [0.5, 0.6) is 0 Å². The van der Waals surface area contributed by atoms with Crippen molar-refractivity contribution in [1.82, 2.24) is 10.2 Å². The van der Waals surface area contributed by atoms with Crippen molar-refractivity contribution in [3.8, 4) is 0 Å². The third kappa shape index (κ3) is 2.04. The first kappa shape index (κ1) is 12.9. The van der Waals surface area contributed by atoms with Crippen LogP contribution >= 0.6 is 0 Å². The van der Waals surface area contributed by atoms with Crippen LogP contribution < -0.4 is 5.32 Å². The summed E-state index contributed by atoms with van der Waals surface area (Å²) >= 11 is 0. The van der Waals surface area contributed by atoms with Gasteiger partial charge in [-0.25, -0.2) is 0 Å². The highest BCUT2D eigenvalue weighted by molar-refractivity contribution is 5.97. The van der Waals surface area contributed by atoms with Gasteiger partial charge in [-0.1, -0.05) is 13.3 Å². The molecule has 19 heavy (non-hydrogen) atoms. The van der Waals surface area contributed by atoms with Crippen LogP contribution in [0.2, 0.25) is 0 Å². The van der Waals surface area contributed by atoms with E-state index in [4.69, 9.17) is 4.74 Å². The van der Waals surface area contributed by atoms with E-state index in [0.717, 1.165) is 32.1 Å². The Balaban J connectivity index is 1.81. The normalized spacial score (nSPS) is 41.8. The highest BCUT2D eigenvalue weighted by Gasteiger charge is 2.50. The van der Waals surface area contributed by atoms with Crippen LogP contribution in [0.1, 0.15) is 46.0 Å². The molecule has 5 atom stereocenters. The molecule has 3 heterocycles. The molecule has 0 saturated carbocycles. The molecule has 3 aliphatic heterocycles. The van der Waals surface area contributed by atoms with Crippen LogP contribution in [-0.2, 0) is 14.3 Å². The largest absolute Gasteiger partial charge is 0.373 e. The number of nitrogens with zero attached hydrogens (tertiary/aromatic N) is 1. The molecule has 5 heteroatoms. The van der Waals surface area contributed by atoms with Gasteiger partial charge in [0, 0.05) is 0 Å². The molecule has 5 nitrogen and oxygen atoms in total. The fourth-order valence-corrected chi connectivity index (χ4v) is 3.69. The number of hydrogen-bond donors (Lipinski definition) is 1. The van der Waals surface area contributed by atoms with E-state index in [0.29, 0.717) is 6.10 Å². The van der Waals surface area contributed by atoms with Gasteiger partial charge in [0.25, 0.3) is 0 Å². The first-order chi connectivity index (χ1) is 9.11. The Bertz CT molecular complexity index is 398. The molecule has 0 aliphatic carbocycles. The summed E-state index contributed by atoms with van der Waals surface area (Å²) in [5, 5.41) is 2.84. The lowest BCUT2D eigenvalue weighted by Gasteiger charge is -2.42. The zero-order chi connectivity index (χ0) is 13.6. The maximum atomic E-state index is 12.6. The lowest BCUT2D eigenvalue weighted by molar-refractivity contribution is -0.152. The van der Waals surface area contributed by atoms with Crippen LogP contribution in [0, 0.1) is 0 Å². The molecule has 3 saturated heterocycles. The third-order valence-corrected chi connectivity index (χ3v) is 4.67. The lowest BCUT2D eigenvalue weighted by atomic mass is 9.91. The van der Waals surface area contributed by atoms with Gasteiger partial charge in [0.05, 0.1) is 18.2 Å². The van der Waals surface area contributed by atoms with Gasteiger partial charge in [-0.05, 0) is 32.6 Å². The van der Waals surface area contributed by atoms with E-state index in [1.54, 1.807) is 0 Å². The standard InChI is InChI=1S/C14H22N2O3/c1-3-4-10-14(18)16(8(2)13(17)15-10)11-7-9-5-6-12(11)19-9/h8-12H,3-7H2,1-2H3,(H,15,17). The molecule has 3 fully saturated rings. The van der Waals surface area contributed by atoms with Crippen molar-refractivity contribution in [3.05, 3.63) is 0 Å². The van der Waals surface area contributed by atoms with Crippen molar-refractivity contribution >= 4 is 11.8 Å². The molecule has 3 rings (SSSR count). The zero-order valence-electron chi connectivity index (χ0n) is 11.6. The Morgan fingerprint density at radius 2 is 2.16 bits per heavy atom. The van der Waals surface area contributed by atoms with Gasteiger partial charge in [0.15, 0.2) is 0 Å². The zero-order valence-corrected chi connectivity index (χ0v) is 11.6. The van der Waals surface area contributed by atoms with E-state index in [-0.39, 0.29) is 36.0 Å². The molecule has 106 valence electrons. The number of piperazine rings is 1. The average molecular weight is 266 g/mol. The van der Waals surface area contributed by atoms with E-state index in [1.165, 1.54) is 0 Å². The maximum Gasteiger partial charge on any atom is 0.246 e. The highest BCUT2D eigenvalue weighted by Crippen LogP contribution is 2.38. The molecule has 0 aromatic rings. The predicted octanol–water partition coefficient (Wildman–Crippen LogP) is 0.822. The molecule has 0 spiro atoms. The van der Waals surface area contributed by atoms with Crippen LogP contribution in [0.15, 0.2) is 0 Å². The van der Waals surface area contributed by atoms with Crippen molar-refractivity contribution in [2.45, 2.75) is 76.3 Å². The van der Waals surface area contributed by atoms with Crippen molar-refractivity contribution in [2.24, 2.45) is 0 Å². The van der Waals surface area contributed by atoms with Crippen LogP contribution in [-0.4, -0.2) is 47.0 Å². The smallest absolute Gasteiger partial charge is 0.246 e. The lowest BCUT2D eigenvalue weighted by Crippen LogP contribution is -2.66. The first-order valence-electron chi connectivity index (χ1n) is 7.39. The number of carbonyl (C=O) groups is 2. The number of hydrogen-bond acceptors (Lipinski definition) is 3. The molecular formula is C14H22N2O3. The second-order valence-electron chi connectivity index (χ2n) is 5.95. The third-order valence-electron chi connectivity index (χ3n) is 4.67. The minimum atomic E-state index is -0.367. The molecule has 0 aromatic heterocycles. The van der Waals surface area contributed by atoms with Gasteiger partial charge in [-0.15, -0.1) is 0 Å². The van der Waals surface area contributed by atoms with Gasteiger partial charge in [0.2, 0.25) is 11.8 Å². The number of amides is 2. The summed E-state index contributed by atoms with van der Waals surface area (Å²) in [6, 6.07) is -0.604. The van der Waals surface area contributed by atoms with Crippen molar-refractivity contribution in [1.29, 1.82) is 0 Å². The Morgan fingerprint density at radius 1 is 1.37 bits per heavy atom. The van der Waals surface area contributed by atoms with Crippen LogP contribution in [0.25, 0.3) is 0 Å². The summed E-state index contributed by atoms with van der Waals surface area (Å²) in [7, 11) is 0. The number of rotatable bonds is 3. The van der Waals surface area contributed by atoms with Crippen molar-refractivity contribution in [3.63, 3.8) is 0 Å². The Morgan fingerprint density at radius 3 is 2.74 bits per heavy atom. The minimum absolute atomic E-state index is 0.0270. The van der Waals surface area contributed by atoms with Crippen LogP contribution in [0.4, 0.5) is 0 Å². The van der Waals surface area contributed by atoms with Crippen LogP contribution in [0.3, 0.4) is 0 Å². The van der Waals surface area contributed by atoms with E-state index < -0.39 is 0 Å². The second kappa shape index (κ2) is 4.78. The predicted molar refractivity (Wildman–Crippen MR) is 69.4 cm³/mol. The summed E-state index contributed by atoms with van der Waals surface area (Å²) in [5.74, 6) is 0.0518. The monoisotopic (exact) mass is 266 g/mol. The van der Waals surface area contributed by atoms with Gasteiger partial charge < -0.3 is 15.0 Å². The highest BCUT2D eigenvalue weighted by atomic mass is 16.5. The minimum Gasteiger partial charge on any atom is -0.373 e. The summed E-state index contributed by atoms with van der Waals surface area (Å²) in [6.45, 7) is 3.85. The fraction of sp³-hybridized carbons (Fsp3) is 0.857. The van der Waals surface area contributed by atoms with E-state index in [2.05, 4.69) is 5.32 Å². The number of nitrogens with one attached hydrogen (secondary N) is 1. The molecule has 0 aromatic carbocycles. The molecule has 0 radical (unpaired) electrons. The summed E-state index contributed by atoms with van der Waals surface area (Å²) in [6.07, 6.45) is 5.07. The first-order valence-corrected chi connectivity index (χ1v) is 7.39. The fourth-order valence-electron chi connectivity index (χ4n) is 3.69. The second-order valence-corrected chi connectivity index (χ2v) is 5.95. The van der Waals surface area contributed by atoms with Gasteiger partial charge >= 0.3 is 0 Å². The molecule has 2 bridgehead atoms. The summed E-state index contributed by atoms with van der Waals surface area (Å²) in [4.78, 5) is 26.5. The SMILES string of the molecule is CCCC1NC(=O)C(C)N(C2CC3CCC2O3)C1=O. The Kier molecular flexibility index (Phi) is 3.25. The quantitative estimate of drug-likeness (QED) is 0.823. The van der Waals surface area contributed by atoms with E-state index >= 15 is 0 Å². The van der Waals surface area contributed by atoms with Crippen molar-refractivity contribution in [2.75, 3.05) is 0 Å². The van der Waals surface area contributed by atoms with Gasteiger partial charge in [-0.3, -0.25) is 9.59 Å². The molecular weight excluding hydrogens is 244 g/mol. The number of fused-ring (bicyclic) bond motifs is 2. The molecule has 1 N–H and O–H groups in total. The maximum absolute atomic E-state index is 12.6.